The smallest absolute Gasteiger partial charge is 0.335 e. The molecule has 20 heavy (non-hydrogen) atoms. The molecule has 0 atom stereocenters. The summed E-state index contributed by atoms with van der Waals surface area (Å²) >= 11 is 3.23. The first-order valence-corrected chi connectivity index (χ1v) is 6.35. The van der Waals surface area contributed by atoms with Crippen LogP contribution in [0, 0.1) is 0 Å². The molecular weight excluding hydrogens is 328 g/mol. The second-order valence-electron chi connectivity index (χ2n) is 3.91. The van der Waals surface area contributed by atoms with Crippen molar-refractivity contribution in [1.82, 2.24) is 10.2 Å². The third-order valence-electron chi connectivity index (χ3n) is 2.63. The number of carbonyl (C=O) groups is 1. The van der Waals surface area contributed by atoms with E-state index in [-0.39, 0.29) is 11.5 Å². The third-order valence-corrected chi connectivity index (χ3v) is 3.24. The molecule has 3 aromatic rings. The lowest BCUT2D eigenvalue weighted by Gasteiger charge is -1.97. The minimum absolute atomic E-state index is 0.159. The first kappa shape index (κ1) is 12.6. The number of benzene rings is 1. The van der Waals surface area contributed by atoms with Gasteiger partial charge >= 0.3 is 5.97 Å². The SMILES string of the molecule is O=C(O)c1cccc(-c2nnc(-c3ccoc3Br)o2)c1. The van der Waals surface area contributed by atoms with E-state index in [1.807, 2.05) is 0 Å². The van der Waals surface area contributed by atoms with Gasteiger partial charge in [0.15, 0.2) is 4.67 Å². The number of nitrogens with zero attached hydrogens (tertiary/aromatic N) is 2. The monoisotopic (exact) mass is 334 g/mol. The van der Waals surface area contributed by atoms with Gasteiger partial charge in [-0.05, 0) is 40.2 Å². The van der Waals surface area contributed by atoms with Gasteiger partial charge in [0.1, 0.15) is 0 Å². The second-order valence-corrected chi connectivity index (χ2v) is 4.63. The number of furan rings is 1. The van der Waals surface area contributed by atoms with Gasteiger partial charge in [-0.1, -0.05) is 6.07 Å². The Bertz CT molecular complexity index is 778. The average molecular weight is 335 g/mol. The normalized spacial score (nSPS) is 10.7. The molecule has 0 spiro atoms. The topological polar surface area (TPSA) is 89.4 Å². The highest BCUT2D eigenvalue weighted by Gasteiger charge is 2.15. The molecule has 0 aliphatic heterocycles. The Morgan fingerprint density at radius 3 is 2.70 bits per heavy atom. The van der Waals surface area contributed by atoms with Crippen LogP contribution in [0.5, 0.6) is 0 Å². The zero-order valence-electron chi connectivity index (χ0n) is 9.91. The standard InChI is InChI=1S/C13H7BrN2O4/c14-10-9(4-5-19-10)12-16-15-11(20-12)7-2-1-3-8(6-7)13(17)18/h1-6H,(H,17,18). The molecule has 0 unspecified atom stereocenters. The summed E-state index contributed by atoms with van der Waals surface area (Å²) in [7, 11) is 0. The Kier molecular flexibility index (Phi) is 3.11. The van der Waals surface area contributed by atoms with Gasteiger partial charge in [-0.25, -0.2) is 4.79 Å². The van der Waals surface area contributed by atoms with Crippen LogP contribution in [0.2, 0.25) is 0 Å². The zero-order chi connectivity index (χ0) is 14.1. The molecule has 0 saturated carbocycles. The van der Waals surface area contributed by atoms with Crippen LogP contribution in [0.3, 0.4) is 0 Å². The van der Waals surface area contributed by atoms with Crippen LogP contribution in [0.1, 0.15) is 10.4 Å². The fraction of sp³-hybridized carbons (Fsp3) is 0. The molecule has 1 aromatic carbocycles. The quantitative estimate of drug-likeness (QED) is 0.788. The van der Waals surface area contributed by atoms with E-state index in [4.69, 9.17) is 13.9 Å². The van der Waals surface area contributed by atoms with Crippen molar-refractivity contribution in [3.8, 4) is 22.9 Å². The minimum atomic E-state index is -1.01. The molecule has 0 radical (unpaired) electrons. The first-order valence-electron chi connectivity index (χ1n) is 5.56. The van der Waals surface area contributed by atoms with Crippen LogP contribution >= 0.6 is 15.9 Å². The number of aromatic nitrogens is 2. The van der Waals surface area contributed by atoms with Crippen molar-refractivity contribution < 1.29 is 18.7 Å². The summed E-state index contributed by atoms with van der Waals surface area (Å²) in [6.45, 7) is 0. The van der Waals surface area contributed by atoms with Crippen molar-refractivity contribution in [3.05, 3.63) is 46.8 Å². The van der Waals surface area contributed by atoms with Crippen molar-refractivity contribution in [2.24, 2.45) is 0 Å². The maximum atomic E-state index is 10.9. The largest absolute Gasteiger partial charge is 0.478 e. The van der Waals surface area contributed by atoms with Gasteiger partial charge < -0.3 is 13.9 Å². The molecule has 3 rings (SSSR count). The Morgan fingerprint density at radius 2 is 2.00 bits per heavy atom. The van der Waals surface area contributed by atoms with Gasteiger partial charge in [0.05, 0.1) is 17.4 Å². The molecule has 0 amide bonds. The highest BCUT2D eigenvalue weighted by Crippen LogP contribution is 2.30. The Morgan fingerprint density at radius 1 is 1.20 bits per heavy atom. The van der Waals surface area contributed by atoms with Crippen LogP contribution in [-0.2, 0) is 0 Å². The molecule has 0 saturated heterocycles. The number of carboxylic acids is 1. The van der Waals surface area contributed by atoms with Crippen LogP contribution in [0.4, 0.5) is 0 Å². The van der Waals surface area contributed by atoms with Gasteiger partial charge in [0.2, 0.25) is 5.89 Å². The molecule has 100 valence electrons. The van der Waals surface area contributed by atoms with Gasteiger partial charge in [-0.15, -0.1) is 10.2 Å². The molecule has 7 heteroatoms. The molecule has 6 nitrogen and oxygen atoms in total. The summed E-state index contributed by atoms with van der Waals surface area (Å²) in [6, 6.07) is 7.99. The molecule has 0 bridgehead atoms. The summed E-state index contributed by atoms with van der Waals surface area (Å²) in [6.07, 6.45) is 1.49. The second kappa shape index (κ2) is 4.93. The van der Waals surface area contributed by atoms with E-state index in [1.165, 1.54) is 18.4 Å². The zero-order valence-corrected chi connectivity index (χ0v) is 11.5. The van der Waals surface area contributed by atoms with E-state index in [1.54, 1.807) is 18.2 Å². The summed E-state index contributed by atoms with van der Waals surface area (Å²) < 4.78 is 11.1. The summed E-state index contributed by atoms with van der Waals surface area (Å²) in [4.78, 5) is 10.9. The Hall–Kier alpha value is -2.41. The van der Waals surface area contributed by atoms with Gasteiger partial charge in [-0.2, -0.15) is 0 Å². The van der Waals surface area contributed by atoms with Crippen LogP contribution < -0.4 is 0 Å². The van der Waals surface area contributed by atoms with Crippen LogP contribution in [0.25, 0.3) is 22.9 Å². The molecule has 0 aliphatic rings. The maximum absolute atomic E-state index is 10.9. The number of aromatic carboxylic acids is 1. The lowest BCUT2D eigenvalue weighted by atomic mass is 10.1. The molecule has 1 N–H and O–H groups in total. The van der Waals surface area contributed by atoms with E-state index in [2.05, 4.69) is 26.1 Å². The number of hydrogen-bond acceptors (Lipinski definition) is 5. The van der Waals surface area contributed by atoms with Crippen molar-refractivity contribution in [2.75, 3.05) is 0 Å². The van der Waals surface area contributed by atoms with E-state index in [9.17, 15) is 4.79 Å². The number of carboxylic acid groups (broad SMARTS) is 1. The van der Waals surface area contributed by atoms with Crippen molar-refractivity contribution in [2.45, 2.75) is 0 Å². The molecular formula is C13H7BrN2O4. The third kappa shape index (κ3) is 2.23. The minimum Gasteiger partial charge on any atom is -0.478 e. The fourth-order valence-electron chi connectivity index (χ4n) is 1.68. The number of rotatable bonds is 3. The average Bonchev–Trinajstić information content (AvgIpc) is 3.07. The summed E-state index contributed by atoms with van der Waals surface area (Å²) in [5.74, 6) is -0.471. The number of hydrogen-bond donors (Lipinski definition) is 1. The lowest BCUT2D eigenvalue weighted by Crippen LogP contribution is -1.95. The van der Waals surface area contributed by atoms with Gasteiger partial charge in [-0.3, -0.25) is 0 Å². The van der Waals surface area contributed by atoms with Crippen molar-refractivity contribution >= 4 is 21.9 Å². The Balaban J connectivity index is 2.00. The van der Waals surface area contributed by atoms with Gasteiger partial charge in [0, 0.05) is 5.56 Å². The lowest BCUT2D eigenvalue weighted by molar-refractivity contribution is 0.0697. The fourth-order valence-corrected chi connectivity index (χ4v) is 2.09. The Labute approximate surface area is 121 Å². The van der Waals surface area contributed by atoms with Crippen molar-refractivity contribution in [3.63, 3.8) is 0 Å². The predicted octanol–water partition coefficient (Wildman–Crippen LogP) is 3.46. The van der Waals surface area contributed by atoms with E-state index in [0.717, 1.165) is 0 Å². The summed E-state index contributed by atoms with van der Waals surface area (Å²) in [5.41, 5.74) is 1.34. The van der Waals surface area contributed by atoms with E-state index < -0.39 is 5.97 Å². The van der Waals surface area contributed by atoms with E-state index >= 15 is 0 Å². The maximum Gasteiger partial charge on any atom is 0.335 e. The highest BCUT2D eigenvalue weighted by molar-refractivity contribution is 9.10. The number of halogens is 1. The molecule has 0 fully saturated rings. The summed E-state index contributed by atoms with van der Waals surface area (Å²) in [5, 5.41) is 16.8. The van der Waals surface area contributed by atoms with Crippen LogP contribution in [0.15, 0.2) is 50.1 Å². The highest BCUT2D eigenvalue weighted by atomic mass is 79.9. The van der Waals surface area contributed by atoms with Crippen molar-refractivity contribution in [1.29, 1.82) is 0 Å². The molecule has 2 aromatic heterocycles. The van der Waals surface area contributed by atoms with E-state index in [0.29, 0.717) is 21.7 Å². The molecule has 2 heterocycles. The van der Waals surface area contributed by atoms with Gasteiger partial charge in [0.25, 0.3) is 5.89 Å². The van der Waals surface area contributed by atoms with Crippen LogP contribution in [-0.4, -0.2) is 21.3 Å². The molecule has 0 aliphatic carbocycles. The first-order chi connectivity index (χ1) is 9.65. The predicted molar refractivity (Wildman–Crippen MR) is 72.1 cm³/mol.